The van der Waals surface area contributed by atoms with E-state index < -0.39 is 12.2 Å². The zero-order valence-corrected chi connectivity index (χ0v) is 9.10. The molecule has 3 rings (SSSR count). The Hall–Kier alpha value is -1.50. The van der Waals surface area contributed by atoms with Crippen molar-refractivity contribution in [2.75, 3.05) is 6.61 Å². The van der Waals surface area contributed by atoms with Gasteiger partial charge in [-0.05, 0) is 12.1 Å². The van der Waals surface area contributed by atoms with Crippen LogP contribution in [0.15, 0.2) is 24.5 Å². The molecular formula is C11H13N3O3. The SMILES string of the molecule is OCC1OC(n2ncc3cccnc32)CC1O. The summed E-state index contributed by atoms with van der Waals surface area (Å²) in [5.41, 5.74) is 0.725. The first kappa shape index (κ1) is 10.6. The molecule has 1 aliphatic heterocycles. The molecule has 6 heteroatoms. The highest BCUT2D eigenvalue weighted by Crippen LogP contribution is 2.29. The van der Waals surface area contributed by atoms with Crippen molar-refractivity contribution in [3.8, 4) is 0 Å². The fourth-order valence-corrected chi connectivity index (χ4v) is 2.12. The van der Waals surface area contributed by atoms with Gasteiger partial charge in [0.1, 0.15) is 6.10 Å². The van der Waals surface area contributed by atoms with Crippen molar-refractivity contribution in [1.29, 1.82) is 0 Å². The predicted molar refractivity (Wildman–Crippen MR) is 59.1 cm³/mol. The van der Waals surface area contributed by atoms with Crippen molar-refractivity contribution >= 4 is 11.0 Å². The molecule has 17 heavy (non-hydrogen) atoms. The number of hydrogen-bond acceptors (Lipinski definition) is 5. The lowest BCUT2D eigenvalue weighted by molar-refractivity contribution is -0.0470. The maximum absolute atomic E-state index is 9.68. The summed E-state index contributed by atoms with van der Waals surface area (Å²) in [6.07, 6.45) is 2.25. The molecule has 0 aromatic carbocycles. The Morgan fingerprint density at radius 1 is 1.53 bits per heavy atom. The topological polar surface area (TPSA) is 80.4 Å². The Balaban J connectivity index is 1.95. The Morgan fingerprint density at radius 2 is 2.41 bits per heavy atom. The van der Waals surface area contributed by atoms with Gasteiger partial charge in [-0.2, -0.15) is 5.10 Å². The van der Waals surface area contributed by atoms with E-state index in [0.29, 0.717) is 6.42 Å². The lowest BCUT2D eigenvalue weighted by Gasteiger charge is -2.12. The van der Waals surface area contributed by atoms with Crippen LogP contribution in [0.1, 0.15) is 12.6 Å². The second-order valence-electron chi connectivity index (χ2n) is 4.12. The Labute approximate surface area is 97.5 Å². The number of aromatic nitrogens is 3. The number of aliphatic hydroxyl groups is 2. The first-order chi connectivity index (χ1) is 8.29. The molecule has 2 aromatic rings. The minimum absolute atomic E-state index is 0.190. The van der Waals surface area contributed by atoms with Gasteiger partial charge in [0, 0.05) is 18.0 Å². The molecule has 3 unspecified atom stereocenters. The van der Waals surface area contributed by atoms with Gasteiger partial charge in [0.15, 0.2) is 11.9 Å². The minimum atomic E-state index is -0.659. The average Bonchev–Trinajstić information content (AvgIpc) is 2.92. The third-order valence-electron chi connectivity index (χ3n) is 3.01. The quantitative estimate of drug-likeness (QED) is 0.770. The molecule has 1 fully saturated rings. The van der Waals surface area contributed by atoms with Crippen molar-refractivity contribution in [1.82, 2.24) is 14.8 Å². The number of pyridine rings is 1. The highest BCUT2D eigenvalue weighted by atomic mass is 16.5. The molecule has 2 N–H and O–H groups in total. The molecule has 2 aromatic heterocycles. The van der Waals surface area contributed by atoms with Crippen LogP contribution in [-0.4, -0.2) is 43.8 Å². The summed E-state index contributed by atoms with van der Waals surface area (Å²) in [6.45, 7) is -0.190. The van der Waals surface area contributed by atoms with Crippen molar-refractivity contribution in [3.05, 3.63) is 24.5 Å². The normalized spacial score (nSPS) is 28.9. The first-order valence-electron chi connectivity index (χ1n) is 5.52. The number of nitrogens with zero attached hydrogens (tertiary/aromatic N) is 3. The maximum Gasteiger partial charge on any atom is 0.160 e. The minimum Gasteiger partial charge on any atom is -0.394 e. The van der Waals surface area contributed by atoms with Crippen LogP contribution in [0.5, 0.6) is 0 Å². The highest BCUT2D eigenvalue weighted by molar-refractivity contribution is 5.73. The van der Waals surface area contributed by atoms with Crippen LogP contribution >= 0.6 is 0 Å². The molecule has 1 aliphatic rings. The van der Waals surface area contributed by atoms with Crippen molar-refractivity contribution in [2.24, 2.45) is 0 Å². The van der Waals surface area contributed by atoms with Crippen LogP contribution in [0.3, 0.4) is 0 Å². The second-order valence-corrected chi connectivity index (χ2v) is 4.12. The summed E-state index contributed by atoms with van der Waals surface area (Å²) in [5, 5.41) is 23.9. The summed E-state index contributed by atoms with van der Waals surface area (Å²) in [5.74, 6) is 0. The van der Waals surface area contributed by atoms with Gasteiger partial charge in [-0.25, -0.2) is 9.67 Å². The molecule has 3 atom stereocenters. The molecule has 0 saturated carbocycles. The van der Waals surface area contributed by atoms with Crippen LogP contribution in [0, 0.1) is 0 Å². The smallest absolute Gasteiger partial charge is 0.160 e. The lowest BCUT2D eigenvalue weighted by Crippen LogP contribution is -2.24. The fourth-order valence-electron chi connectivity index (χ4n) is 2.12. The monoisotopic (exact) mass is 235 g/mol. The lowest BCUT2D eigenvalue weighted by atomic mass is 10.2. The molecular weight excluding hydrogens is 222 g/mol. The standard InChI is InChI=1S/C11H13N3O3/c15-6-9-8(16)4-10(17-9)14-11-7(5-13-14)2-1-3-12-11/h1-3,5,8-10,15-16H,4,6H2. The van der Waals surface area contributed by atoms with Crippen molar-refractivity contribution in [3.63, 3.8) is 0 Å². The van der Waals surface area contributed by atoms with E-state index in [1.807, 2.05) is 12.1 Å². The molecule has 0 bridgehead atoms. The molecule has 0 radical (unpaired) electrons. The van der Waals surface area contributed by atoms with Gasteiger partial charge >= 0.3 is 0 Å². The largest absolute Gasteiger partial charge is 0.394 e. The summed E-state index contributed by atoms with van der Waals surface area (Å²) in [4.78, 5) is 4.24. The van der Waals surface area contributed by atoms with Crippen molar-refractivity contribution < 1.29 is 14.9 Å². The van der Waals surface area contributed by atoms with E-state index >= 15 is 0 Å². The van der Waals surface area contributed by atoms with Gasteiger partial charge in [0.25, 0.3) is 0 Å². The van der Waals surface area contributed by atoms with E-state index in [2.05, 4.69) is 10.1 Å². The van der Waals surface area contributed by atoms with E-state index in [-0.39, 0.29) is 12.8 Å². The summed E-state index contributed by atoms with van der Waals surface area (Å²) in [7, 11) is 0. The zero-order chi connectivity index (χ0) is 11.8. The molecule has 6 nitrogen and oxygen atoms in total. The highest BCUT2D eigenvalue weighted by Gasteiger charge is 2.35. The Bertz CT molecular complexity index is 527. The first-order valence-corrected chi connectivity index (χ1v) is 5.52. The number of fused-ring (bicyclic) bond motifs is 1. The third-order valence-corrected chi connectivity index (χ3v) is 3.01. The molecule has 3 heterocycles. The van der Waals surface area contributed by atoms with Gasteiger partial charge < -0.3 is 14.9 Å². The van der Waals surface area contributed by atoms with Crippen LogP contribution in [-0.2, 0) is 4.74 Å². The summed E-state index contributed by atoms with van der Waals surface area (Å²) < 4.78 is 7.18. The Kier molecular flexibility index (Phi) is 2.54. The number of hydrogen-bond donors (Lipinski definition) is 2. The van der Waals surface area contributed by atoms with E-state index in [9.17, 15) is 5.11 Å². The third kappa shape index (κ3) is 1.70. The van der Waals surface area contributed by atoms with E-state index in [1.54, 1.807) is 17.1 Å². The van der Waals surface area contributed by atoms with Crippen LogP contribution in [0.25, 0.3) is 11.0 Å². The molecule has 0 aliphatic carbocycles. The summed E-state index contributed by atoms with van der Waals surface area (Å²) in [6, 6.07) is 3.76. The van der Waals surface area contributed by atoms with Gasteiger partial charge in [-0.3, -0.25) is 0 Å². The number of ether oxygens (including phenoxy) is 1. The van der Waals surface area contributed by atoms with Crippen molar-refractivity contribution in [2.45, 2.75) is 24.9 Å². The Morgan fingerprint density at radius 3 is 3.18 bits per heavy atom. The predicted octanol–water partition coefficient (Wildman–Crippen LogP) is 0.0720. The van der Waals surface area contributed by atoms with Gasteiger partial charge in [0.2, 0.25) is 0 Å². The van der Waals surface area contributed by atoms with E-state index in [0.717, 1.165) is 11.0 Å². The average molecular weight is 235 g/mol. The van der Waals surface area contributed by atoms with Gasteiger partial charge in [0.05, 0.1) is 18.9 Å². The second kappa shape index (κ2) is 4.06. The number of rotatable bonds is 2. The van der Waals surface area contributed by atoms with Crippen LogP contribution < -0.4 is 0 Å². The molecule has 0 amide bonds. The summed E-state index contributed by atoms with van der Waals surface area (Å²) >= 11 is 0. The molecule has 0 spiro atoms. The zero-order valence-electron chi connectivity index (χ0n) is 9.10. The fraction of sp³-hybridized carbons (Fsp3) is 0.455. The molecule has 90 valence electrons. The van der Waals surface area contributed by atoms with Crippen LogP contribution in [0.4, 0.5) is 0 Å². The molecule has 1 saturated heterocycles. The van der Waals surface area contributed by atoms with Gasteiger partial charge in [-0.1, -0.05) is 0 Å². The maximum atomic E-state index is 9.68. The van der Waals surface area contributed by atoms with E-state index in [4.69, 9.17) is 9.84 Å². The number of aliphatic hydroxyl groups excluding tert-OH is 2. The van der Waals surface area contributed by atoms with E-state index in [1.165, 1.54) is 0 Å². The van der Waals surface area contributed by atoms with Gasteiger partial charge in [-0.15, -0.1) is 0 Å². The van der Waals surface area contributed by atoms with Crippen LogP contribution in [0.2, 0.25) is 0 Å².